The van der Waals surface area contributed by atoms with Gasteiger partial charge < -0.3 is 5.73 Å². The molecule has 84 valence electrons. The minimum Gasteiger partial charge on any atom is -0.330 e. The monoisotopic (exact) mass is 224 g/mol. The van der Waals surface area contributed by atoms with Crippen LogP contribution < -0.4 is 5.73 Å². The van der Waals surface area contributed by atoms with Crippen LogP contribution in [0.15, 0.2) is 11.7 Å². The molecule has 3 heteroatoms. The Labute approximate surface area is 95.9 Å². The molecule has 2 rings (SSSR count). The van der Waals surface area contributed by atoms with Gasteiger partial charge in [0, 0.05) is 11.1 Å². The van der Waals surface area contributed by atoms with E-state index in [0.717, 1.165) is 18.9 Å². The zero-order chi connectivity index (χ0) is 10.7. The Morgan fingerprint density at radius 3 is 3.13 bits per heavy atom. The number of thiazole rings is 1. The molecule has 1 aliphatic rings. The van der Waals surface area contributed by atoms with E-state index in [4.69, 9.17) is 5.73 Å². The van der Waals surface area contributed by atoms with Crippen LogP contribution in [0.1, 0.15) is 37.5 Å². The van der Waals surface area contributed by atoms with Crippen LogP contribution in [-0.2, 0) is 6.42 Å². The molecular weight excluding hydrogens is 204 g/mol. The standard InChI is InChI=1S/C12H20N2S/c1-10-3-2-4-12(5-10,8-13)6-11-7-14-9-15-11/h7,9-10H,2-6,8,13H2,1H3. The number of nitrogens with zero attached hydrogens (tertiary/aromatic N) is 1. The van der Waals surface area contributed by atoms with Crippen molar-refractivity contribution in [2.24, 2.45) is 17.1 Å². The summed E-state index contributed by atoms with van der Waals surface area (Å²) in [5.74, 6) is 0.843. The average molecular weight is 224 g/mol. The molecule has 1 saturated carbocycles. The van der Waals surface area contributed by atoms with E-state index in [-0.39, 0.29) is 0 Å². The molecule has 1 aromatic rings. The highest BCUT2D eigenvalue weighted by Gasteiger charge is 2.34. The molecule has 1 fully saturated rings. The van der Waals surface area contributed by atoms with Crippen LogP contribution >= 0.6 is 11.3 Å². The highest BCUT2D eigenvalue weighted by molar-refractivity contribution is 7.09. The zero-order valence-corrected chi connectivity index (χ0v) is 10.2. The SMILES string of the molecule is CC1CCCC(CN)(Cc2cncs2)C1. The largest absolute Gasteiger partial charge is 0.330 e. The van der Waals surface area contributed by atoms with Gasteiger partial charge in [-0.3, -0.25) is 4.98 Å². The van der Waals surface area contributed by atoms with Crippen molar-refractivity contribution >= 4 is 11.3 Å². The summed E-state index contributed by atoms with van der Waals surface area (Å²) < 4.78 is 0. The number of rotatable bonds is 3. The molecule has 0 amide bonds. The maximum atomic E-state index is 6.00. The van der Waals surface area contributed by atoms with Gasteiger partial charge in [0.05, 0.1) is 5.51 Å². The van der Waals surface area contributed by atoms with Crippen LogP contribution in [0.3, 0.4) is 0 Å². The first-order chi connectivity index (χ1) is 7.24. The van der Waals surface area contributed by atoms with E-state index in [1.807, 2.05) is 11.7 Å². The van der Waals surface area contributed by atoms with Crippen molar-refractivity contribution in [1.29, 1.82) is 0 Å². The van der Waals surface area contributed by atoms with E-state index in [2.05, 4.69) is 11.9 Å². The first-order valence-corrected chi connectivity index (χ1v) is 6.69. The molecule has 0 bridgehead atoms. The van der Waals surface area contributed by atoms with E-state index in [0.29, 0.717) is 5.41 Å². The van der Waals surface area contributed by atoms with Crippen molar-refractivity contribution in [1.82, 2.24) is 4.98 Å². The molecular formula is C12H20N2S. The Kier molecular flexibility index (Phi) is 3.42. The maximum absolute atomic E-state index is 6.00. The quantitative estimate of drug-likeness (QED) is 0.857. The first-order valence-electron chi connectivity index (χ1n) is 5.81. The number of nitrogens with two attached hydrogens (primary N) is 1. The van der Waals surface area contributed by atoms with Gasteiger partial charge in [-0.15, -0.1) is 11.3 Å². The fourth-order valence-corrected chi connectivity index (χ4v) is 3.65. The lowest BCUT2D eigenvalue weighted by Gasteiger charge is -2.39. The van der Waals surface area contributed by atoms with Gasteiger partial charge in [0.25, 0.3) is 0 Å². The summed E-state index contributed by atoms with van der Waals surface area (Å²) in [6, 6.07) is 0. The van der Waals surface area contributed by atoms with E-state index in [1.54, 1.807) is 11.3 Å². The van der Waals surface area contributed by atoms with Crippen molar-refractivity contribution in [2.45, 2.75) is 39.0 Å². The molecule has 0 aromatic carbocycles. The van der Waals surface area contributed by atoms with Crippen LogP contribution in [0.5, 0.6) is 0 Å². The zero-order valence-electron chi connectivity index (χ0n) is 9.41. The Bertz CT molecular complexity index is 297. The fraction of sp³-hybridized carbons (Fsp3) is 0.750. The van der Waals surface area contributed by atoms with E-state index in [9.17, 15) is 0 Å². The highest BCUT2D eigenvalue weighted by atomic mass is 32.1. The summed E-state index contributed by atoms with van der Waals surface area (Å²) in [6.45, 7) is 3.19. The highest BCUT2D eigenvalue weighted by Crippen LogP contribution is 2.41. The van der Waals surface area contributed by atoms with Gasteiger partial charge in [0.15, 0.2) is 0 Å². The minimum atomic E-state index is 0.365. The predicted octanol–water partition coefficient (Wildman–Crippen LogP) is 2.84. The molecule has 1 aliphatic carbocycles. The van der Waals surface area contributed by atoms with Crippen molar-refractivity contribution in [3.05, 3.63) is 16.6 Å². The Morgan fingerprint density at radius 1 is 1.67 bits per heavy atom. The maximum Gasteiger partial charge on any atom is 0.0794 e. The van der Waals surface area contributed by atoms with Crippen LogP contribution in [0, 0.1) is 11.3 Å². The van der Waals surface area contributed by atoms with E-state index >= 15 is 0 Å². The van der Waals surface area contributed by atoms with Gasteiger partial charge in [0.1, 0.15) is 0 Å². The van der Waals surface area contributed by atoms with Crippen molar-refractivity contribution in [3.63, 3.8) is 0 Å². The summed E-state index contributed by atoms with van der Waals surface area (Å²) >= 11 is 1.77. The van der Waals surface area contributed by atoms with Crippen molar-refractivity contribution < 1.29 is 0 Å². The molecule has 1 aromatic heterocycles. The van der Waals surface area contributed by atoms with Crippen LogP contribution in [-0.4, -0.2) is 11.5 Å². The van der Waals surface area contributed by atoms with Gasteiger partial charge in [-0.2, -0.15) is 0 Å². The third-order valence-corrected chi connectivity index (χ3v) is 4.43. The number of hydrogen-bond acceptors (Lipinski definition) is 3. The first kappa shape index (κ1) is 11.1. The predicted molar refractivity (Wildman–Crippen MR) is 64.9 cm³/mol. The second-order valence-electron chi connectivity index (χ2n) is 5.05. The number of aromatic nitrogens is 1. The molecule has 2 N–H and O–H groups in total. The molecule has 0 aliphatic heterocycles. The van der Waals surface area contributed by atoms with Crippen molar-refractivity contribution in [2.75, 3.05) is 6.54 Å². The van der Waals surface area contributed by atoms with Crippen LogP contribution in [0.25, 0.3) is 0 Å². The molecule has 2 atom stereocenters. The van der Waals surface area contributed by atoms with Crippen LogP contribution in [0.2, 0.25) is 0 Å². The normalized spacial score (nSPS) is 31.7. The Hall–Kier alpha value is -0.410. The lowest BCUT2D eigenvalue weighted by atomic mass is 9.68. The van der Waals surface area contributed by atoms with Crippen molar-refractivity contribution in [3.8, 4) is 0 Å². The minimum absolute atomic E-state index is 0.365. The van der Waals surface area contributed by atoms with Crippen LogP contribution in [0.4, 0.5) is 0 Å². The third kappa shape index (κ3) is 2.58. The lowest BCUT2D eigenvalue weighted by Crippen LogP contribution is -2.37. The molecule has 15 heavy (non-hydrogen) atoms. The van der Waals surface area contributed by atoms with E-state index in [1.165, 1.54) is 30.6 Å². The number of hydrogen-bond donors (Lipinski definition) is 1. The van der Waals surface area contributed by atoms with Gasteiger partial charge in [-0.05, 0) is 37.1 Å². The summed E-state index contributed by atoms with van der Waals surface area (Å²) in [5.41, 5.74) is 8.29. The van der Waals surface area contributed by atoms with Gasteiger partial charge >= 0.3 is 0 Å². The van der Waals surface area contributed by atoms with Gasteiger partial charge in [0.2, 0.25) is 0 Å². The van der Waals surface area contributed by atoms with E-state index < -0.39 is 0 Å². The fourth-order valence-electron chi connectivity index (χ4n) is 2.89. The molecule has 2 nitrogen and oxygen atoms in total. The van der Waals surface area contributed by atoms with Gasteiger partial charge in [-0.1, -0.05) is 19.8 Å². The average Bonchev–Trinajstić information content (AvgIpc) is 2.70. The molecule has 2 unspecified atom stereocenters. The molecule has 0 spiro atoms. The molecule has 0 radical (unpaired) electrons. The third-order valence-electron chi connectivity index (χ3n) is 3.65. The second-order valence-corrected chi connectivity index (χ2v) is 6.02. The van der Waals surface area contributed by atoms with Gasteiger partial charge in [-0.25, -0.2) is 0 Å². The summed E-state index contributed by atoms with van der Waals surface area (Å²) in [5, 5.41) is 0. The molecule has 0 saturated heterocycles. The molecule has 1 heterocycles. The summed E-state index contributed by atoms with van der Waals surface area (Å²) in [6.07, 6.45) is 8.45. The summed E-state index contributed by atoms with van der Waals surface area (Å²) in [4.78, 5) is 5.55. The lowest BCUT2D eigenvalue weighted by molar-refractivity contribution is 0.155. The smallest absolute Gasteiger partial charge is 0.0794 e. The summed E-state index contributed by atoms with van der Waals surface area (Å²) in [7, 11) is 0. The Morgan fingerprint density at radius 2 is 2.53 bits per heavy atom. The second kappa shape index (κ2) is 4.62. The Balaban J connectivity index is 2.07. The topological polar surface area (TPSA) is 38.9 Å².